The smallest absolute Gasteiger partial charge is 0.226 e. The highest BCUT2D eigenvalue weighted by molar-refractivity contribution is 5.85. The lowest BCUT2D eigenvalue weighted by atomic mass is 10.3. The van der Waals surface area contributed by atoms with Gasteiger partial charge in [-0.15, -0.1) is 24.8 Å². The van der Waals surface area contributed by atoms with Gasteiger partial charge in [0.2, 0.25) is 5.91 Å². The van der Waals surface area contributed by atoms with Crippen LogP contribution in [0.25, 0.3) is 5.65 Å². The van der Waals surface area contributed by atoms with E-state index in [1.807, 2.05) is 42.0 Å². The standard InChI is InChI=1S/C13H18N4O.2ClH/c1-14-6-4-7-15-13(18)9-11-10-17-8-3-2-5-12(17)16-11;;/h2-3,5,8,10,14H,4,6-7,9H2,1H3,(H,15,18);2*1H. The van der Waals surface area contributed by atoms with Crippen LogP contribution in [-0.2, 0) is 11.2 Å². The van der Waals surface area contributed by atoms with Gasteiger partial charge >= 0.3 is 0 Å². The zero-order chi connectivity index (χ0) is 12.8. The second-order valence-corrected chi connectivity index (χ2v) is 4.18. The summed E-state index contributed by atoms with van der Waals surface area (Å²) in [7, 11) is 1.90. The molecule has 0 radical (unpaired) electrons. The minimum atomic E-state index is 0. The highest BCUT2D eigenvalue weighted by atomic mass is 35.5. The van der Waals surface area contributed by atoms with E-state index in [9.17, 15) is 4.79 Å². The lowest BCUT2D eigenvalue weighted by Crippen LogP contribution is -2.28. The van der Waals surface area contributed by atoms with Crippen molar-refractivity contribution in [3.05, 3.63) is 36.3 Å². The number of nitrogens with one attached hydrogen (secondary N) is 2. The van der Waals surface area contributed by atoms with E-state index in [4.69, 9.17) is 0 Å². The molecule has 2 rings (SSSR count). The number of amides is 1. The van der Waals surface area contributed by atoms with Gasteiger partial charge in [0.15, 0.2) is 0 Å². The van der Waals surface area contributed by atoms with E-state index < -0.39 is 0 Å². The maximum atomic E-state index is 11.7. The summed E-state index contributed by atoms with van der Waals surface area (Å²) < 4.78 is 1.92. The van der Waals surface area contributed by atoms with Gasteiger partial charge < -0.3 is 15.0 Å². The van der Waals surface area contributed by atoms with E-state index >= 15 is 0 Å². The SMILES string of the molecule is CNCCCNC(=O)Cc1cn2ccccc2n1.Cl.Cl. The van der Waals surface area contributed by atoms with Crippen molar-refractivity contribution in [2.75, 3.05) is 20.1 Å². The number of imidazole rings is 1. The van der Waals surface area contributed by atoms with Gasteiger partial charge in [-0.25, -0.2) is 4.98 Å². The van der Waals surface area contributed by atoms with Crippen LogP contribution in [0.15, 0.2) is 30.6 Å². The largest absolute Gasteiger partial charge is 0.356 e. The van der Waals surface area contributed by atoms with E-state index in [-0.39, 0.29) is 30.7 Å². The Labute approximate surface area is 131 Å². The van der Waals surface area contributed by atoms with Crippen LogP contribution in [0, 0.1) is 0 Å². The number of halogens is 2. The fraction of sp³-hybridized carbons (Fsp3) is 0.385. The van der Waals surface area contributed by atoms with Crippen molar-refractivity contribution in [2.45, 2.75) is 12.8 Å². The van der Waals surface area contributed by atoms with Gasteiger partial charge in [0, 0.05) is 18.9 Å². The Bertz CT molecular complexity index is 497. The zero-order valence-electron chi connectivity index (χ0n) is 11.3. The van der Waals surface area contributed by atoms with Crippen molar-refractivity contribution in [2.24, 2.45) is 0 Å². The Morgan fingerprint density at radius 1 is 1.30 bits per heavy atom. The van der Waals surface area contributed by atoms with Crippen LogP contribution in [0.3, 0.4) is 0 Å². The zero-order valence-corrected chi connectivity index (χ0v) is 13.0. The molecule has 0 atom stereocenters. The predicted molar refractivity (Wildman–Crippen MR) is 84.9 cm³/mol. The number of pyridine rings is 1. The Balaban J connectivity index is 0.00000180. The molecule has 2 heterocycles. The average Bonchev–Trinajstić information content (AvgIpc) is 2.76. The summed E-state index contributed by atoms with van der Waals surface area (Å²) in [5.41, 5.74) is 1.67. The first kappa shape index (κ1) is 18.7. The normalized spacial score (nSPS) is 9.65. The molecule has 5 nitrogen and oxygen atoms in total. The third-order valence-electron chi connectivity index (χ3n) is 2.68. The molecule has 7 heteroatoms. The third-order valence-corrected chi connectivity index (χ3v) is 2.68. The van der Waals surface area contributed by atoms with Crippen molar-refractivity contribution in [3.8, 4) is 0 Å². The van der Waals surface area contributed by atoms with E-state index in [2.05, 4.69) is 15.6 Å². The predicted octanol–water partition coefficient (Wildman–Crippen LogP) is 1.45. The fourth-order valence-corrected chi connectivity index (χ4v) is 1.79. The number of rotatable bonds is 6. The van der Waals surface area contributed by atoms with Crippen LogP contribution in [0.5, 0.6) is 0 Å². The van der Waals surface area contributed by atoms with Gasteiger partial charge in [-0.1, -0.05) is 6.07 Å². The van der Waals surface area contributed by atoms with Crippen LogP contribution in [0.2, 0.25) is 0 Å². The molecule has 2 aromatic heterocycles. The molecule has 0 unspecified atom stereocenters. The number of hydrogen-bond acceptors (Lipinski definition) is 3. The Kier molecular flexibility index (Phi) is 8.96. The summed E-state index contributed by atoms with van der Waals surface area (Å²) in [6.07, 6.45) is 5.09. The highest BCUT2D eigenvalue weighted by Crippen LogP contribution is 2.04. The monoisotopic (exact) mass is 318 g/mol. The van der Waals surface area contributed by atoms with Crippen LogP contribution in [0.1, 0.15) is 12.1 Å². The van der Waals surface area contributed by atoms with Crippen LogP contribution in [-0.4, -0.2) is 35.4 Å². The molecule has 0 saturated heterocycles. The van der Waals surface area contributed by atoms with Crippen molar-refractivity contribution in [1.82, 2.24) is 20.0 Å². The summed E-state index contributed by atoms with van der Waals surface area (Å²) in [6, 6.07) is 5.80. The van der Waals surface area contributed by atoms with E-state index in [0.29, 0.717) is 13.0 Å². The number of carbonyl (C=O) groups excluding carboxylic acids is 1. The molecule has 20 heavy (non-hydrogen) atoms. The van der Waals surface area contributed by atoms with Crippen LogP contribution in [0.4, 0.5) is 0 Å². The molecule has 0 fully saturated rings. The second kappa shape index (κ2) is 9.58. The lowest BCUT2D eigenvalue weighted by molar-refractivity contribution is -0.120. The number of hydrogen-bond donors (Lipinski definition) is 2. The molecule has 2 N–H and O–H groups in total. The average molecular weight is 319 g/mol. The maximum Gasteiger partial charge on any atom is 0.226 e. The molecule has 0 aliphatic carbocycles. The van der Waals surface area contributed by atoms with E-state index in [1.54, 1.807) is 0 Å². The molecule has 1 amide bonds. The fourth-order valence-electron chi connectivity index (χ4n) is 1.79. The highest BCUT2D eigenvalue weighted by Gasteiger charge is 2.06. The Hall–Kier alpha value is -1.30. The molecule has 112 valence electrons. The molecule has 0 spiro atoms. The van der Waals surface area contributed by atoms with Gasteiger partial charge in [0.05, 0.1) is 12.1 Å². The Morgan fingerprint density at radius 3 is 2.80 bits per heavy atom. The first-order valence-electron chi connectivity index (χ1n) is 6.13. The third kappa shape index (κ3) is 5.36. The topological polar surface area (TPSA) is 58.4 Å². The minimum Gasteiger partial charge on any atom is -0.356 e. The van der Waals surface area contributed by atoms with Crippen molar-refractivity contribution in [3.63, 3.8) is 0 Å². The van der Waals surface area contributed by atoms with Crippen LogP contribution < -0.4 is 10.6 Å². The van der Waals surface area contributed by atoms with E-state index in [0.717, 1.165) is 24.3 Å². The quantitative estimate of drug-likeness (QED) is 0.792. The number of aromatic nitrogens is 2. The molecule has 0 aliphatic heterocycles. The van der Waals surface area contributed by atoms with Gasteiger partial charge in [-0.2, -0.15) is 0 Å². The summed E-state index contributed by atoms with van der Waals surface area (Å²) in [4.78, 5) is 16.1. The van der Waals surface area contributed by atoms with Gasteiger partial charge in [0.1, 0.15) is 5.65 Å². The molecule has 2 aromatic rings. The van der Waals surface area contributed by atoms with Gasteiger partial charge in [-0.3, -0.25) is 4.79 Å². The first-order chi connectivity index (χ1) is 8.79. The molecular weight excluding hydrogens is 299 g/mol. The van der Waals surface area contributed by atoms with E-state index in [1.165, 1.54) is 0 Å². The molecular formula is C13H20Cl2N4O. The number of nitrogens with zero attached hydrogens (tertiary/aromatic N) is 2. The first-order valence-corrected chi connectivity index (χ1v) is 6.13. The lowest BCUT2D eigenvalue weighted by Gasteiger charge is -2.03. The van der Waals surface area contributed by atoms with Gasteiger partial charge in [-0.05, 0) is 32.1 Å². The minimum absolute atomic E-state index is 0. The summed E-state index contributed by atoms with van der Waals surface area (Å²) in [5, 5.41) is 5.92. The molecule has 0 saturated carbocycles. The van der Waals surface area contributed by atoms with Gasteiger partial charge in [0.25, 0.3) is 0 Å². The molecule has 0 aromatic carbocycles. The molecule has 0 bridgehead atoms. The van der Waals surface area contributed by atoms with Crippen molar-refractivity contribution >= 4 is 36.4 Å². The van der Waals surface area contributed by atoms with Crippen LogP contribution >= 0.6 is 24.8 Å². The number of carbonyl (C=O) groups is 1. The Morgan fingerprint density at radius 2 is 2.10 bits per heavy atom. The number of fused-ring (bicyclic) bond motifs is 1. The summed E-state index contributed by atoms with van der Waals surface area (Å²) in [6.45, 7) is 1.61. The summed E-state index contributed by atoms with van der Waals surface area (Å²) >= 11 is 0. The van der Waals surface area contributed by atoms with Crippen molar-refractivity contribution < 1.29 is 4.79 Å². The van der Waals surface area contributed by atoms with Crippen molar-refractivity contribution in [1.29, 1.82) is 0 Å². The maximum absolute atomic E-state index is 11.7. The molecule has 0 aliphatic rings. The summed E-state index contributed by atoms with van der Waals surface area (Å²) in [5.74, 6) is 0.0227. The second-order valence-electron chi connectivity index (χ2n) is 4.18.